The van der Waals surface area contributed by atoms with Crippen molar-refractivity contribution in [3.05, 3.63) is 132 Å². The standard InChI is InChI=1S/C29H22N2O/c1-21-12-11-19-27(30-21)31-28(24-17-9-4-10-18-24)29-25(22-13-5-2-6-14-22)20-26(32-29)23-15-7-3-8-16-23/h2-20H,1H3/b31-28+. The minimum Gasteiger partial charge on any atom is -0.454 e. The smallest absolute Gasteiger partial charge is 0.161 e. The van der Waals surface area contributed by atoms with E-state index < -0.39 is 0 Å². The van der Waals surface area contributed by atoms with Crippen LogP contribution >= 0.6 is 0 Å². The van der Waals surface area contributed by atoms with E-state index in [2.05, 4.69) is 35.3 Å². The molecule has 0 N–H and O–H groups in total. The van der Waals surface area contributed by atoms with Crippen LogP contribution in [0.25, 0.3) is 22.5 Å². The van der Waals surface area contributed by atoms with Crippen molar-refractivity contribution < 1.29 is 4.42 Å². The van der Waals surface area contributed by atoms with Gasteiger partial charge in [0.1, 0.15) is 11.5 Å². The van der Waals surface area contributed by atoms with Crippen molar-refractivity contribution in [2.24, 2.45) is 4.99 Å². The van der Waals surface area contributed by atoms with Gasteiger partial charge in [-0.2, -0.15) is 0 Å². The van der Waals surface area contributed by atoms with Gasteiger partial charge in [0.05, 0.1) is 0 Å². The van der Waals surface area contributed by atoms with E-state index in [9.17, 15) is 0 Å². The van der Waals surface area contributed by atoms with Gasteiger partial charge in [0, 0.05) is 22.4 Å². The van der Waals surface area contributed by atoms with E-state index in [1.807, 2.05) is 91.9 Å². The zero-order valence-corrected chi connectivity index (χ0v) is 17.8. The number of hydrogen-bond acceptors (Lipinski definition) is 3. The van der Waals surface area contributed by atoms with E-state index in [-0.39, 0.29) is 0 Å². The van der Waals surface area contributed by atoms with Crippen LogP contribution in [0.15, 0.2) is 125 Å². The normalized spacial score (nSPS) is 11.5. The Balaban J connectivity index is 1.76. The second kappa shape index (κ2) is 8.86. The Morgan fingerprint density at radius 3 is 1.97 bits per heavy atom. The van der Waals surface area contributed by atoms with Crippen LogP contribution in [-0.2, 0) is 0 Å². The quantitative estimate of drug-likeness (QED) is 0.280. The van der Waals surface area contributed by atoms with Crippen LogP contribution in [0.3, 0.4) is 0 Å². The van der Waals surface area contributed by atoms with Crippen LogP contribution in [0, 0.1) is 6.92 Å². The van der Waals surface area contributed by atoms with Gasteiger partial charge in [-0.3, -0.25) is 0 Å². The Labute approximate surface area is 187 Å². The molecule has 154 valence electrons. The molecule has 2 aromatic heterocycles. The number of benzene rings is 3. The molecule has 3 nitrogen and oxygen atoms in total. The molecular formula is C29H22N2O. The highest BCUT2D eigenvalue weighted by molar-refractivity contribution is 6.15. The fraction of sp³-hybridized carbons (Fsp3) is 0.0345. The molecule has 32 heavy (non-hydrogen) atoms. The number of rotatable bonds is 5. The maximum absolute atomic E-state index is 6.52. The summed E-state index contributed by atoms with van der Waals surface area (Å²) in [7, 11) is 0. The van der Waals surface area contributed by atoms with Gasteiger partial charge in [0.2, 0.25) is 0 Å². The molecule has 3 aromatic carbocycles. The molecule has 3 heteroatoms. The summed E-state index contributed by atoms with van der Waals surface area (Å²) in [5, 5.41) is 0. The number of furan rings is 1. The largest absolute Gasteiger partial charge is 0.454 e. The zero-order valence-electron chi connectivity index (χ0n) is 17.8. The van der Waals surface area contributed by atoms with E-state index in [0.29, 0.717) is 5.82 Å². The highest BCUT2D eigenvalue weighted by atomic mass is 16.3. The molecule has 0 bridgehead atoms. The van der Waals surface area contributed by atoms with Crippen LogP contribution in [0.5, 0.6) is 0 Å². The number of aliphatic imine (C=N–C) groups is 1. The molecule has 5 aromatic rings. The summed E-state index contributed by atoms with van der Waals surface area (Å²) in [4.78, 5) is 9.57. The van der Waals surface area contributed by atoms with Crippen molar-refractivity contribution in [3.8, 4) is 22.5 Å². The maximum atomic E-state index is 6.52. The van der Waals surface area contributed by atoms with E-state index in [1.54, 1.807) is 0 Å². The van der Waals surface area contributed by atoms with Crippen molar-refractivity contribution in [2.45, 2.75) is 6.92 Å². The fourth-order valence-corrected chi connectivity index (χ4v) is 3.69. The average Bonchev–Trinajstić information content (AvgIpc) is 3.29. The lowest BCUT2D eigenvalue weighted by molar-refractivity contribution is 0.573. The molecule has 0 aliphatic carbocycles. The molecule has 0 spiro atoms. The summed E-state index contributed by atoms with van der Waals surface area (Å²) in [5.41, 5.74) is 5.75. The summed E-state index contributed by atoms with van der Waals surface area (Å²) in [6.45, 7) is 1.97. The van der Waals surface area contributed by atoms with Gasteiger partial charge >= 0.3 is 0 Å². The third-order valence-corrected chi connectivity index (χ3v) is 5.24. The van der Waals surface area contributed by atoms with Crippen molar-refractivity contribution in [1.82, 2.24) is 4.98 Å². The second-order valence-corrected chi connectivity index (χ2v) is 7.55. The van der Waals surface area contributed by atoms with E-state index in [0.717, 1.165) is 45.2 Å². The monoisotopic (exact) mass is 414 g/mol. The number of aryl methyl sites for hydroxylation is 1. The molecule has 5 rings (SSSR count). The van der Waals surface area contributed by atoms with Gasteiger partial charge in [-0.1, -0.05) is 97.1 Å². The van der Waals surface area contributed by atoms with Gasteiger partial charge in [-0.05, 0) is 30.7 Å². The first-order chi connectivity index (χ1) is 15.8. The first kappa shape index (κ1) is 19.7. The molecule has 0 amide bonds. The Morgan fingerprint density at radius 2 is 1.31 bits per heavy atom. The molecule has 0 fully saturated rings. The minimum atomic E-state index is 0.653. The van der Waals surface area contributed by atoms with Crippen LogP contribution in [0.2, 0.25) is 0 Å². The molecule has 0 aliphatic rings. The lowest BCUT2D eigenvalue weighted by Gasteiger charge is -2.08. The summed E-state index contributed by atoms with van der Waals surface area (Å²) >= 11 is 0. The van der Waals surface area contributed by atoms with Crippen molar-refractivity contribution in [2.75, 3.05) is 0 Å². The number of hydrogen-bond donors (Lipinski definition) is 0. The van der Waals surface area contributed by atoms with Gasteiger partial charge < -0.3 is 4.42 Å². The lowest BCUT2D eigenvalue weighted by atomic mass is 9.99. The molecule has 0 aliphatic heterocycles. The summed E-state index contributed by atoms with van der Waals surface area (Å²) in [6, 6.07) is 38.5. The van der Waals surface area contributed by atoms with Gasteiger partial charge in [-0.15, -0.1) is 0 Å². The number of nitrogens with zero attached hydrogens (tertiary/aromatic N) is 2. The molecule has 2 heterocycles. The summed E-state index contributed by atoms with van der Waals surface area (Å²) in [5.74, 6) is 2.19. The van der Waals surface area contributed by atoms with Crippen molar-refractivity contribution >= 4 is 11.5 Å². The van der Waals surface area contributed by atoms with Gasteiger partial charge in [0.15, 0.2) is 11.6 Å². The highest BCUT2D eigenvalue weighted by Crippen LogP contribution is 2.35. The van der Waals surface area contributed by atoms with Gasteiger partial charge in [-0.25, -0.2) is 9.98 Å². The number of aromatic nitrogens is 1. The van der Waals surface area contributed by atoms with Crippen LogP contribution in [0.1, 0.15) is 17.0 Å². The van der Waals surface area contributed by atoms with Crippen molar-refractivity contribution in [3.63, 3.8) is 0 Å². The third-order valence-electron chi connectivity index (χ3n) is 5.24. The predicted octanol–water partition coefficient (Wildman–Crippen LogP) is 7.49. The van der Waals surface area contributed by atoms with Crippen LogP contribution in [0.4, 0.5) is 5.82 Å². The topological polar surface area (TPSA) is 38.4 Å². The van der Waals surface area contributed by atoms with Crippen molar-refractivity contribution in [1.29, 1.82) is 0 Å². The highest BCUT2D eigenvalue weighted by Gasteiger charge is 2.21. The van der Waals surface area contributed by atoms with Crippen LogP contribution in [-0.4, -0.2) is 10.7 Å². The maximum Gasteiger partial charge on any atom is 0.161 e. The molecule has 0 saturated heterocycles. The Hall–Kier alpha value is -4.24. The summed E-state index contributed by atoms with van der Waals surface area (Å²) < 4.78 is 6.52. The molecular weight excluding hydrogens is 392 g/mol. The molecule has 0 unspecified atom stereocenters. The van der Waals surface area contributed by atoms with Crippen LogP contribution < -0.4 is 0 Å². The SMILES string of the molecule is Cc1cccc(/N=C(\c2ccccc2)c2oc(-c3ccccc3)cc2-c2ccccc2)n1. The number of pyridine rings is 1. The molecule has 0 atom stereocenters. The Morgan fingerprint density at radius 1 is 0.688 bits per heavy atom. The van der Waals surface area contributed by atoms with Gasteiger partial charge in [0.25, 0.3) is 0 Å². The van der Waals surface area contributed by atoms with E-state index >= 15 is 0 Å². The first-order valence-corrected chi connectivity index (χ1v) is 10.6. The zero-order chi connectivity index (χ0) is 21.8. The average molecular weight is 415 g/mol. The van der Waals surface area contributed by atoms with E-state index in [1.165, 1.54) is 0 Å². The fourth-order valence-electron chi connectivity index (χ4n) is 3.69. The lowest BCUT2D eigenvalue weighted by Crippen LogP contribution is -2.03. The Kier molecular flexibility index (Phi) is 5.46. The Bertz CT molecular complexity index is 1350. The second-order valence-electron chi connectivity index (χ2n) is 7.55. The predicted molar refractivity (Wildman–Crippen MR) is 130 cm³/mol. The minimum absolute atomic E-state index is 0.653. The summed E-state index contributed by atoms with van der Waals surface area (Å²) in [6.07, 6.45) is 0. The third kappa shape index (κ3) is 4.14. The molecule has 0 radical (unpaired) electrons. The van der Waals surface area contributed by atoms with E-state index in [4.69, 9.17) is 9.41 Å². The first-order valence-electron chi connectivity index (χ1n) is 10.6. The molecule has 0 saturated carbocycles.